The molecular formula is C21H27N5O3. The van der Waals surface area contributed by atoms with E-state index in [1.54, 1.807) is 11.0 Å². The van der Waals surface area contributed by atoms with Crippen molar-refractivity contribution in [1.82, 2.24) is 20.4 Å². The Hall–Kier alpha value is -3.16. The van der Waals surface area contributed by atoms with Crippen molar-refractivity contribution in [2.45, 2.75) is 59.3 Å². The summed E-state index contributed by atoms with van der Waals surface area (Å²) in [6.45, 7) is 8.74. The Balaban J connectivity index is 1.65. The van der Waals surface area contributed by atoms with E-state index in [0.29, 0.717) is 5.56 Å². The zero-order valence-electron chi connectivity index (χ0n) is 17.2. The van der Waals surface area contributed by atoms with Crippen molar-refractivity contribution in [2.75, 3.05) is 4.90 Å². The molecule has 0 spiro atoms. The van der Waals surface area contributed by atoms with Crippen molar-refractivity contribution < 1.29 is 14.4 Å². The number of nitrogens with one attached hydrogen (secondary N) is 2. The first kappa shape index (κ1) is 20.6. The molecule has 3 amide bonds. The normalized spacial score (nSPS) is 15.6. The molecule has 0 unspecified atom stereocenters. The molecule has 3 rings (SSSR count). The maximum atomic E-state index is 12.8. The molecule has 2 N–H and O–H groups in total. The maximum Gasteiger partial charge on any atom is 0.310 e. The summed E-state index contributed by atoms with van der Waals surface area (Å²) in [6, 6.07) is 6.38. The minimum Gasteiger partial charge on any atom is -0.344 e. The standard InChI is InChI=1S/C21H27N5O3/c1-5-10-25-12-15(14(4)24-25)11-22-19(27)20(28)23-18-16-8-6-7-9-17(16)26(13(2)3)21(18)29/h6-9,12-13,18H,5,10-11H2,1-4H3,(H,22,27)(H,23,28)/t18-/m0/s1. The number of aromatic nitrogens is 2. The van der Waals surface area contributed by atoms with Crippen LogP contribution in [0, 0.1) is 6.92 Å². The Bertz CT molecular complexity index is 934. The molecule has 1 aliphatic heterocycles. The number of aryl methyl sites for hydroxylation is 2. The smallest absolute Gasteiger partial charge is 0.310 e. The highest BCUT2D eigenvalue weighted by Gasteiger charge is 2.39. The van der Waals surface area contributed by atoms with Gasteiger partial charge in [0.2, 0.25) is 0 Å². The van der Waals surface area contributed by atoms with Crippen molar-refractivity contribution in [1.29, 1.82) is 0 Å². The van der Waals surface area contributed by atoms with Crippen LogP contribution in [0.25, 0.3) is 0 Å². The van der Waals surface area contributed by atoms with Gasteiger partial charge in [-0.3, -0.25) is 19.1 Å². The van der Waals surface area contributed by atoms with Crippen LogP contribution in [-0.2, 0) is 27.5 Å². The van der Waals surface area contributed by atoms with Crippen molar-refractivity contribution >= 4 is 23.4 Å². The lowest BCUT2D eigenvalue weighted by atomic mass is 10.1. The zero-order valence-corrected chi connectivity index (χ0v) is 17.2. The van der Waals surface area contributed by atoms with Gasteiger partial charge < -0.3 is 15.5 Å². The van der Waals surface area contributed by atoms with Gasteiger partial charge in [-0.25, -0.2) is 0 Å². The van der Waals surface area contributed by atoms with Gasteiger partial charge in [0, 0.05) is 42.1 Å². The molecule has 0 saturated heterocycles. The molecule has 8 heteroatoms. The van der Waals surface area contributed by atoms with Crippen LogP contribution < -0.4 is 15.5 Å². The van der Waals surface area contributed by atoms with Crippen molar-refractivity contribution in [2.24, 2.45) is 0 Å². The summed E-state index contributed by atoms with van der Waals surface area (Å²) >= 11 is 0. The maximum absolute atomic E-state index is 12.8. The summed E-state index contributed by atoms with van der Waals surface area (Å²) in [4.78, 5) is 39.2. The summed E-state index contributed by atoms with van der Waals surface area (Å²) in [7, 11) is 0. The first-order chi connectivity index (χ1) is 13.8. The van der Waals surface area contributed by atoms with E-state index < -0.39 is 17.9 Å². The predicted molar refractivity (Wildman–Crippen MR) is 109 cm³/mol. The first-order valence-corrected chi connectivity index (χ1v) is 9.87. The number of para-hydroxylation sites is 1. The van der Waals surface area contributed by atoms with Crippen LogP contribution in [0.4, 0.5) is 5.69 Å². The fraction of sp³-hybridized carbons (Fsp3) is 0.429. The Kier molecular flexibility index (Phi) is 6.00. The lowest BCUT2D eigenvalue weighted by molar-refractivity contribution is -0.140. The van der Waals surface area contributed by atoms with Crippen LogP contribution in [0.3, 0.4) is 0 Å². The van der Waals surface area contributed by atoms with Crippen molar-refractivity contribution in [3.05, 3.63) is 47.3 Å². The van der Waals surface area contributed by atoms with Crippen LogP contribution in [0.5, 0.6) is 0 Å². The van der Waals surface area contributed by atoms with Gasteiger partial charge in [0.05, 0.1) is 5.69 Å². The van der Waals surface area contributed by atoms with Crippen LogP contribution in [-0.4, -0.2) is 33.5 Å². The van der Waals surface area contributed by atoms with E-state index in [1.807, 2.05) is 49.8 Å². The molecule has 1 aromatic carbocycles. The summed E-state index contributed by atoms with van der Waals surface area (Å²) in [5.74, 6) is -1.85. The molecule has 0 fully saturated rings. The monoisotopic (exact) mass is 397 g/mol. The van der Waals surface area contributed by atoms with E-state index in [1.165, 1.54) is 0 Å². The third-order valence-corrected chi connectivity index (χ3v) is 4.93. The number of nitrogens with zero attached hydrogens (tertiary/aromatic N) is 3. The Morgan fingerprint density at radius 3 is 2.62 bits per heavy atom. The molecule has 1 aliphatic rings. The van der Waals surface area contributed by atoms with Gasteiger partial charge in [0.1, 0.15) is 6.04 Å². The van der Waals surface area contributed by atoms with E-state index >= 15 is 0 Å². The molecule has 2 aromatic rings. The van der Waals surface area contributed by atoms with Crippen LogP contribution >= 0.6 is 0 Å². The molecule has 1 aromatic heterocycles. The van der Waals surface area contributed by atoms with Gasteiger partial charge in [-0.1, -0.05) is 25.1 Å². The van der Waals surface area contributed by atoms with Gasteiger partial charge in [0.15, 0.2) is 0 Å². The third kappa shape index (κ3) is 4.16. The lowest BCUT2D eigenvalue weighted by Crippen LogP contribution is -2.45. The summed E-state index contributed by atoms with van der Waals surface area (Å²) in [5.41, 5.74) is 3.13. The second kappa shape index (κ2) is 8.46. The lowest BCUT2D eigenvalue weighted by Gasteiger charge is -2.22. The quantitative estimate of drug-likeness (QED) is 0.727. The first-order valence-electron chi connectivity index (χ1n) is 9.87. The summed E-state index contributed by atoms with van der Waals surface area (Å²) in [6.07, 6.45) is 2.83. The number of fused-ring (bicyclic) bond motifs is 1. The van der Waals surface area contributed by atoms with Crippen molar-refractivity contribution in [3.63, 3.8) is 0 Å². The van der Waals surface area contributed by atoms with Gasteiger partial charge >= 0.3 is 11.8 Å². The number of hydrogen-bond acceptors (Lipinski definition) is 4. The Morgan fingerprint density at radius 1 is 1.21 bits per heavy atom. The largest absolute Gasteiger partial charge is 0.344 e. The molecule has 2 heterocycles. The Morgan fingerprint density at radius 2 is 1.93 bits per heavy atom. The van der Waals surface area contributed by atoms with E-state index in [2.05, 4.69) is 22.7 Å². The molecule has 29 heavy (non-hydrogen) atoms. The van der Waals surface area contributed by atoms with Crippen molar-refractivity contribution in [3.8, 4) is 0 Å². The third-order valence-electron chi connectivity index (χ3n) is 4.93. The number of hydrogen-bond donors (Lipinski definition) is 2. The summed E-state index contributed by atoms with van der Waals surface area (Å²) in [5, 5.41) is 9.58. The molecule has 0 radical (unpaired) electrons. The minimum atomic E-state index is -0.860. The second-order valence-electron chi connectivity index (χ2n) is 7.45. The number of rotatable bonds is 6. The average molecular weight is 397 g/mol. The van der Waals surface area contributed by atoms with E-state index in [0.717, 1.165) is 29.9 Å². The number of carbonyl (C=O) groups excluding carboxylic acids is 3. The zero-order chi connectivity index (χ0) is 21.1. The number of benzene rings is 1. The van der Waals surface area contributed by atoms with E-state index in [9.17, 15) is 14.4 Å². The molecule has 0 bridgehead atoms. The molecule has 0 aliphatic carbocycles. The molecule has 1 atom stereocenters. The molecule has 0 saturated carbocycles. The van der Waals surface area contributed by atoms with E-state index in [-0.39, 0.29) is 18.5 Å². The fourth-order valence-electron chi connectivity index (χ4n) is 3.54. The van der Waals surface area contributed by atoms with E-state index in [4.69, 9.17) is 0 Å². The number of amides is 3. The molecular weight excluding hydrogens is 370 g/mol. The predicted octanol–water partition coefficient (Wildman–Crippen LogP) is 1.83. The van der Waals surface area contributed by atoms with Crippen LogP contribution in [0.1, 0.15) is 50.1 Å². The average Bonchev–Trinajstić information content (AvgIpc) is 3.17. The minimum absolute atomic E-state index is 0.0537. The van der Waals surface area contributed by atoms with Gasteiger partial charge in [-0.15, -0.1) is 0 Å². The highest BCUT2D eigenvalue weighted by atomic mass is 16.2. The fourth-order valence-corrected chi connectivity index (χ4v) is 3.54. The highest BCUT2D eigenvalue weighted by molar-refractivity contribution is 6.35. The number of carbonyl (C=O) groups is 3. The van der Waals surface area contributed by atoms with Gasteiger partial charge in [-0.05, 0) is 33.3 Å². The van der Waals surface area contributed by atoms with Crippen LogP contribution in [0.2, 0.25) is 0 Å². The number of anilines is 1. The second-order valence-corrected chi connectivity index (χ2v) is 7.45. The van der Waals surface area contributed by atoms with Gasteiger partial charge in [-0.2, -0.15) is 5.10 Å². The topological polar surface area (TPSA) is 96.3 Å². The Labute approximate surface area is 170 Å². The molecule has 8 nitrogen and oxygen atoms in total. The molecule has 154 valence electrons. The SMILES string of the molecule is CCCn1cc(CNC(=O)C(=O)N[C@@H]2C(=O)N(C(C)C)c3ccccc32)c(C)n1. The highest BCUT2D eigenvalue weighted by Crippen LogP contribution is 2.36. The van der Waals surface area contributed by atoms with Crippen LogP contribution in [0.15, 0.2) is 30.5 Å². The van der Waals surface area contributed by atoms with Gasteiger partial charge in [0.25, 0.3) is 5.91 Å². The summed E-state index contributed by atoms with van der Waals surface area (Å²) < 4.78 is 1.82.